The summed E-state index contributed by atoms with van der Waals surface area (Å²) in [6.07, 6.45) is 2.19. The highest BCUT2D eigenvalue weighted by Gasteiger charge is 2.21. The van der Waals surface area contributed by atoms with E-state index in [1.54, 1.807) is 0 Å². The number of hydrogen-bond donors (Lipinski definition) is 2. The summed E-state index contributed by atoms with van der Waals surface area (Å²) < 4.78 is 5.92. The molecular formula is C17H28N4O. The molecule has 1 aliphatic rings. The van der Waals surface area contributed by atoms with Crippen molar-refractivity contribution in [3.05, 3.63) is 29.8 Å². The number of fused-ring (bicyclic) bond motifs is 1. The van der Waals surface area contributed by atoms with E-state index in [-0.39, 0.29) is 6.10 Å². The lowest BCUT2D eigenvalue weighted by Gasteiger charge is -2.14. The van der Waals surface area contributed by atoms with Crippen LogP contribution in [0.2, 0.25) is 0 Å². The van der Waals surface area contributed by atoms with Crippen LogP contribution in [0.5, 0.6) is 5.75 Å². The molecule has 0 fully saturated rings. The summed E-state index contributed by atoms with van der Waals surface area (Å²) in [5, 5.41) is 6.66. The van der Waals surface area contributed by atoms with E-state index in [1.165, 1.54) is 5.56 Å². The van der Waals surface area contributed by atoms with E-state index in [1.807, 2.05) is 12.1 Å². The van der Waals surface area contributed by atoms with E-state index in [9.17, 15) is 0 Å². The monoisotopic (exact) mass is 304 g/mol. The molecule has 0 saturated heterocycles. The highest BCUT2D eigenvalue weighted by molar-refractivity contribution is 5.79. The van der Waals surface area contributed by atoms with E-state index >= 15 is 0 Å². The van der Waals surface area contributed by atoms with Crippen LogP contribution in [0, 0.1) is 0 Å². The standard InChI is InChI=1S/C17H28N4O/c1-4-18-17(19-10-7-11-21(2)3)20-13-15-12-14-8-5-6-9-16(14)22-15/h5-6,8-9,15H,4,7,10-13H2,1-3H3,(H2,18,19,20). The largest absolute Gasteiger partial charge is 0.488 e. The minimum atomic E-state index is 0.148. The van der Waals surface area contributed by atoms with Gasteiger partial charge in [-0.1, -0.05) is 18.2 Å². The molecule has 1 unspecified atom stereocenters. The molecule has 1 aromatic carbocycles. The van der Waals surface area contributed by atoms with Crippen LogP contribution in [-0.4, -0.2) is 57.2 Å². The molecule has 1 aromatic rings. The predicted molar refractivity (Wildman–Crippen MR) is 91.7 cm³/mol. The van der Waals surface area contributed by atoms with Crippen molar-refractivity contribution in [1.82, 2.24) is 15.5 Å². The van der Waals surface area contributed by atoms with Crippen molar-refractivity contribution in [2.45, 2.75) is 25.9 Å². The van der Waals surface area contributed by atoms with Crippen LogP contribution in [0.15, 0.2) is 29.3 Å². The lowest BCUT2D eigenvalue weighted by molar-refractivity contribution is 0.241. The Hall–Kier alpha value is -1.75. The molecule has 0 aromatic heterocycles. The van der Waals surface area contributed by atoms with Gasteiger partial charge in [0.15, 0.2) is 5.96 Å². The van der Waals surface area contributed by atoms with Crippen molar-refractivity contribution in [2.75, 3.05) is 40.3 Å². The average Bonchev–Trinajstić information content (AvgIpc) is 2.91. The fraction of sp³-hybridized carbons (Fsp3) is 0.588. The van der Waals surface area contributed by atoms with Gasteiger partial charge in [0.05, 0.1) is 6.54 Å². The number of guanidine groups is 1. The van der Waals surface area contributed by atoms with Crippen LogP contribution in [-0.2, 0) is 6.42 Å². The number of benzene rings is 1. The Morgan fingerprint density at radius 1 is 1.32 bits per heavy atom. The third kappa shape index (κ3) is 5.22. The second-order valence-electron chi connectivity index (χ2n) is 5.85. The van der Waals surface area contributed by atoms with Gasteiger partial charge in [-0.3, -0.25) is 0 Å². The zero-order chi connectivity index (χ0) is 15.8. The Labute approximate surface area is 133 Å². The molecule has 0 bridgehead atoms. The fourth-order valence-corrected chi connectivity index (χ4v) is 2.49. The van der Waals surface area contributed by atoms with Crippen LogP contribution < -0.4 is 15.4 Å². The number of aliphatic imine (C=N–C) groups is 1. The maximum absolute atomic E-state index is 5.92. The van der Waals surface area contributed by atoms with Gasteiger partial charge in [-0.05, 0) is 45.6 Å². The fourth-order valence-electron chi connectivity index (χ4n) is 2.49. The Bertz CT molecular complexity index is 462. The number of nitrogens with zero attached hydrogens (tertiary/aromatic N) is 2. The molecule has 5 nitrogen and oxygen atoms in total. The summed E-state index contributed by atoms with van der Waals surface area (Å²) in [5.74, 6) is 1.88. The molecule has 5 heteroatoms. The molecule has 1 aliphatic heterocycles. The molecule has 22 heavy (non-hydrogen) atoms. The highest BCUT2D eigenvalue weighted by Crippen LogP contribution is 2.28. The molecule has 2 rings (SSSR count). The van der Waals surface area contributed by atoms with Crippen molar-refractivity contribution in [3.8, 4) is 5.75 Å². The van der Waals surface area contributed by atoms with Gasteiger partial charge in [-0.25, -0.2) is 4.99 Å². The number of hydrogen-bond acceptors (Lipinski definition) is 3. The van der Waals surface area contributed by atoms with Gasteiger partial charge in [0.1, 0.15) is 11.9 Å². The predicted octanol–water partition coefficient (Wildman–Crippen LogP) is 1.50. The Morgan fingerprint density at radius 2 is 2.14 bits per heavy atom. The van der Waals surface area contributed by atoms with Crippen LogP contribution in [0.4, 0.5) is 0 Å². The molecule has 122 valence electrons. The van der Waals surface area contributed by atoms with Crippen LogP contribution in [0.25, 0.3) is 0 Å². The summed E-state index contributed by atoms with van der Waals surface area (Å²) in [7, 11) is 4.18. The van der Waals surface area contributed by atoms with Crippen molar-refractivity contribution in [3.63, 3.8) is 0 Å². The molecule has 1 atom stereocenters. The van der Waals surface area contributed by atoms with Crippen molar-refractivity contribution >= 4 is 5.96 Å². The Kier molecular flexibility index (Phi) is 6.52. The number of rotatable bonds is 7. The molecule has 1 heterocycles. The highest BCUT2D eigenvalue weighted by atomic mass is 16.5. The van der Waals surface area contributed by atoms with E-state index in [2.05, 4.69) is 53.7 Å². The molecule has 0 saturated carbocycles. The molecule has 0 aliphatic carbocycles. The third-order valence-corrected chi connectivity index (χ3v) is 3.59. The van der Waals surface area contributed by atoms with E-state index in [4.69, 9.17) is 4.74 Å². The molecule has 2 N–H and O–H groups in total. The van der Waals surface area contributed by atoms with Crippen LogP contribution in [0.3, 0.4) is 0 Å². The first kappa shape index (κ1) is 16.6. The summed E-state index contributed by atoms with van der Waals surface area (Å²) in [4.78, 5) is 6.84. The minimum absolute atomic E-state index is 0.148. The van der Waals surface area contributed by atoms with Gasteiger partial charge in [0.25, 0.3) is 0 Å². The molecular weight excluding hydrogens is 276 g/mol. The van der Waals surface area contributed by atoms with Gasteiger partial charge in [-0.15, -0.1) is 0 Å². The van der Waals surface area contributed by atoms with E-state index in [0.29, 0.717) is 6.54 Å². The van der Waals surface area contributed by atoms with Gasteiger partial charge < -0.3 is 20.3 Å². The topological polar surface area (TPSA) is 48.9 Å². The van der Waals surface area contributed by atoms with Gasteiger partial charge in [-0.2, -0.15) is 0 Å². The zero-order valence-electron chi connectivity index (χ0n) is 13.9. The van der Waals surface area contributed by atoms with Crippen molar-refractivity contribution in [1.29, 1.82) is 0 Å². The summed E-state index contributed by atoms with van der Waals surface area (Å²) in [6, 6.07) is 8.23. The minimum Gasteiger partial charge on any atom is -0.488 e. The molecule has 0 amide bonds. The first-order valence-corrected chi connectivity index (χ1v) is 8.10. The van der Waals surface area contributed by atoms with Gasteiger partial charge in [0, 0.05) is 19.5 Å². The third-order valence-electron chi connectivity index (χ3n) is 3.59. The Morgan fingerprint density at radius 3 is 2.86 bits per heavy atom. The van der Waals surface area contributed by atoms with Crippen molar-refractivity contribution < 1.29 is 4.74 Å². The SMILES string of the molecule is CCNC(=NCC1Cc2ccccc2O1)NCCCN(C)C. The van der Waals surface area contributed by atoms with Gasteiger partial charge >= 0.3 is 0 Å². The van der Waals surface area contributed by atoms with E-state index in [0.717, 1.165) is 44.2 Å². The van der Waals surface area contributed by atoms with Crippen LogP contribution in [0.1, 0.15) is 18.9 Å². The lowest BCUT2D eigenvalue weighted by Crippen LogP contribution is -2.39. The first-order valence-electron chi connectivity index (χ1n) is 8.10. The maximum Gasteiger partial charge on any atom is 0.191 e. The van der Waals surface area contributed by atoms with E-state index < -0.39 is 0 Å². The number of nitrogens with one attached hydrogen (secondary N) is 2. The second kappa shape index (κ2) is 8.63. The van der Waals surface area contributed by atoms with Crippen LogP contribution >= 0.6 is 0 Å². The lowest BCUT2D eigenvalue weighted by atomic mass is 10.1. The Balaban J connectivity index is 1.78. The normalized spacial score (nSPS) is 17.3. The number of ether oxygens (including phenoxy) is 1. The summed E-state index contributed by atoms with van der Waals surface area (Å²) in [6.45, 7) is 5.63. The summed E-state index contributed by atoms with van der Waals surface area (Å²) in [5.41, 5.74) is 1.28. The maximum atomic E-state index is 5.92. The molecule has 0 spiro atoms. The second-order valence-corrected chi connectivity index (χ2v) is 5.85. The number of para-hydroxylation sites is 1. The zero-order valence-corrected chi connectivity index (χ0v) is 13.9. The molecule has 0 radical (unpaired) electrons. The quantitative estimate of drug-likeness (QED) is 0.455. The first-order chi connectivity index (χ1) is 10.7. The summed E-state index contributed by atoms with van der Waals surface area (Å²) >= 11 is 0. The average molecular weight is 304 g/mol. The van der Waals surface area contributed by atoms with Gasteiger partial charge in [0.2, 0.25) is 0 Å². The van der Waals surface area contributed by atoms with Crippen molar-refractivity contribution in [2.24, 2.45) is 4.99 Å². The smallest absolute Gasteiger partial charge is 0.191 e.